The fraction of sp³-hybridized carbons (Fsp3) is 0.421. The molecule has 1 N–H and O–H groups in total. The minimum absolute atomic E-state index is 0.155. The highest BCUT2D eigenvalue weighted by Crippen LogP contribution is 2.32. The van der Waals surface area contributed by atoms with Gasteiger partial charge in [0.15, 0.2) is 5.76 Å². The summed E-state index contributed by atoms with van der Waals surface area (Å²) < 4.78 is 19.4. The molecule has 5 heteroatoms. The molecule has 0 radical (unpaired) electrons. The monoisotopic (exact) mass is 328 g/mol. The molecule has 2 aromatic rings. The van der Waals surface area contributed by atoms with Gasteiger partial charge in [-0.05, 0) is 63.0 Å². The molecule has 4 heterocycles. The Morgan fingerprint density at radius 2 is 1.96 bits per heavy atom. The van der Waals surface area contributed by atoms with Crippen molar-refractivity contribution in [3.8, 4) is 11.3 Å². The lowest BCUT2D eigenvalue weighted by molar-refractivity contribution is 0.0211. The topological polar surface area (TPSA) is 45.5 Å². The third kappa shape index (κ3) is 2.63. The minimum atomic E-state index is -0.357. The molecule has 24 heavy (non-hydrogen) atoms. The molecule has 1 aromatic carbocycles. The van der Waals surface area contributed by atoms with Crippen molar-refractivity contribution in [2.45, 2.75) is 31.8 Å². The quantitative estimate of drug-likeness (QED) is 0.940. The van der Waals surface area contributed by atoms with Gasteiger partial charge in [0.1, 0.15) is 11.6 Å². The number of carbonyl (C=O) groups is 1. The van der Waals surface area contributed by atoms with E-state index in [4.69, 9.17) is 4.42 Å². The summed E-state index contributed by atoms with van der Waals surface area (Å²) in [4.78, 5) is 15.0. The van der Waals surface area contributed by atoms with Gasteiger partial charge in [-0.25, -0.2) is 4.39 Å². The van der Waals surface area contributed by atoms with E-state index in [1.54, 1.807) is 30.3 Å². The maximum Gasteiger partial charge on any atom is 0.287 e. The Balaban J connectivity index is 1.51. The molecular weight excluding hydrogens is 307 g/mol. The lowest BCUT2D eigenvalue weighted by atomic mass is 9.79. The number of rotatable bonds is 3. The van der Waals surface area contributed by atoms with Crippen LogP contribution in [0.2, 0.25) is 0 Å². The molecule has 1 aromatic heterocycles. The van der Waals surface area contributed by atoms with Crippen molar-refractivity contribution in [2.75, 3.05) is 13.1 Å². The number of hydrogen-bond acceptors (Lipinski definition) is 3. The Bertz CT molecular complexity index is 747. The Labute approximate surface area is 140 Å². The van der Waals surface area contributed by atoms with Crippen LogP contribution in [0.15, 0.2) is 40.8 Å². The number of carbonyl (C=O) groups excluding carboxylic acids is 1. The van der Waals surface area contributed by atoms with Crippen molar-refractivity contribution < 1.29 is 13.6 Å². The molecule has 2 atom stereocenters. The van der Waals surface area contributed by atoms with E-state index >= 15 is 0 Å². The summed E-state index contributed by atoms with van der Waals surface area (Å²) in [6.07, 6.45) is 2.27. The van der Waals surface area contributed by atoms with Gasteiger partial charge in [-0.3, -0.25) is 9.69 Å². The zero-order chi connectivity index (χ0) is 16.7. The van der Waals surface area contributed by atoms with Crippen molar-refractivity contribution in [3.05, 3.63) is 48.0 Å². The molecule has 1 amide bonds. The number of hydrogen-bond donors (Lipinski definition) is 1. The molecule has 0 aliphatic carbocycles. The minimum Gasteiger partial charge on any atom is -0.451 e. The van der Waals surface area contributed by atoms with Crippen LogP contribution < -0.4 is 5.32 Å². The smallest absolute Gasteiger partial charge is 0.287 e. The normalized spacial score (nSPS) is 28.8. The first-order chi connectivity index (χ1) is 11.6. The fourth-order valence-corrected chi connectivity index (χ4v) is 4.03. The van der Waals surface area contributed by atoms with Crippen LogP contribution in [-0.4, -0.2) is 36.0 Å². The Morgan fingerprint density at radius 1 is 1.21 bits per heavy atom. The predicted molar refractivity (Wildman–Crippen MR) is 89.1 cm³/mol. The number of nitrogens with one attached hydrogen (secondary N) is 1. The predicted octanol–water partition coefficient (Wildman–Crippen LogP) is 3.30. The first kappa shape index (κ1) is 15.4. The van der Waals surface area contributed by atoms with Gasteiger partial charge >= 0.3 is 0 Å². The number of amides is 1. The molecule has 4 nitrogen and oxygen atoms in total. The van der Waals surface area contributed by atoms with Crippen LogP contribution in [0.4, 0.5) is 4.39 Å². The van der Waals surface area contributed by atoms with Crippen LogP contribution in [0.3, 0.4) is 0 Å². The average molecular weight is 328 g/mol. The van der Waals surface area contributed by atoms with Crippen molar-refractivity contribution >= 4 is 5.91 Å². The van der Waals surface area contributed by atoms with Gasteiger partial charge < -0.3 is 9.73 Å². The highest BCUT2D eigenvalue weighted by Gasteiger charge is 2.40. The van der Waals surface area contributed by atoms with E-state index in [2.05, 4.69) is 17.1 Å². The summed E-state index contributed by atoms with van der Waals surface area (Å²) in [6, 6.07) is 10.2. The Morgan fingerprint density at radius 3 is 2.67 bits per heavy atom. The van der Waals surface area contributed by atoms with Gasteiger partial charge in [-0.15, -0.1) is 0 Å². The molecule has 0 unspecified atom stereocenters. The second kappa shape index (κ2) is 6.06. The van der Waals surface area contributed by atoms with Crippen molar-refractivity contribution in [1.29, 1.82) is 0 Å². The van der Waals surface area contributed by atoms with Gasteiger partial charge in [0.25, 0.3) is 5.91 Å². The van der Waals surface area contributed by atoms with Crippen LogP contribution in [0, 0.1) is 11.7 Å². The van der Waals surface area contributed by atoms with E-state index in [0.29, 0.717) is 23.3 Å². The lowest BCUT2D eigenvalue weighted by Gasteiger charge is -2.49. The zero-order valence-corrected chi connectivity index (χ0v) is 13.7. The Hall–Kier alpha value is -2.14. The van der Waals surface area contributed by atoms with Crippen LogP contribution in [0.5, 0.6) is 0 Å². The molecule has 2 bridgehead atoms. The summed E-state index contributed by atoms with van der Waals surface area (Å²) >= 11 is 0. The summed E-state index contributed by atoms with van der Waals surface area (Å²) in [5.74, 6) is 0.570. The highest BCUT2D eigenvalue weighted by molar-refractivity contribution is 5.92. The first-order valence-electron chi connectivity index (χ1n) is 8.53. The van der Waals surface area contributed by atoms with Crippen molar-refractivity contribution in [2.24, 2.45) is 5.92 Å². The average Bonchev–Trinajstić information content (AvgIpc) is 3.09. The van der Waals surface area contributed by atoms with Crippen LogP contribution >= 0.6 is 0 Å². The lowest BCUT2D eigenvalue weighted by Crippen LogP contribution is -2.62. The maximum absolute atomic E-state index is 13.8. The van der Waals surface area contributed by atoms with E-state index in [-0.39, 0.29) is 23.5 Å². The van der Waals surface area contributed by atoms with Crippen LogP contribution in [0.25, 0.3) is 11.3 Å². The van der Waals surface area contributed by atoms with E-state index in [1.165, 1.54) is 6.07 Å². The summed E-state index contributed by atoms with van der Waals surface area (Å²) in [5.41, 5.74) is 0.368. The largest absolute Gasteiger partial charge is 0.451 e. The summed E-state index contributed by atoms with van der Waals surface area (Å²) in [5, 5.41) is 3.13. The maximum atomic E-state index is 13.8. The number of furan rings is 1. The summed E-state index contributed by atoms with van der Waals surface area (Å²) in [6.45, 7) is 4.41. The number of fused-ring (bicyclic) bond motifs is 3. The Kier molecular flexibility index (Phi) is 3.88. The molecule has 3 saturated heterocycles. The van der Waals surface area contributed by atoms with Gasteiger partial charge in [-0.1, -0.05) is 12.1 Å². The molecule has 3 aliphatic heterocycles. The first-order valence-corrected chi connectivity index (χ1v) is 8.53. The molecular formula is C19H21FN2O2. The third-order valence-electron chi connectivity index (χ3n) is 5.44. The second-order valence-electron chi connectivity index (χ2n) is 6.76. The molecule has 5 rings (SSSR count). The van der Waals surface area contributed by atoms with Gasteiger partial charge in [0.05, 0.1) is 5.56 Å². The molecule has 0 spiro atoms. The van der Waals surface area contributed by atoms with Crippen molar-refractivity contribution in [3.63, 3.8) is 0 Å². The molecule has 126 valence electrons. The van der Waals surface area contributed by atoms with Gasteiger partial charge in [0.2, 0.25) is 0 Å². The van der Waals surface area contributed by atoms with E-state index in [1.807, 2.05) is 0 Å². The van der Waals surface area contributed by atoms with Gasteiger partial charge in [0, 0.05) is 12.1 Å². The second-order valence-corrected chi connectivity index (χ2v) is 6.76. The van der Waals surface area contributed by atoms with E-state index in [9.17, 15) is 9.18 Å². The zero-order valence-electron chi connectivity index (χ0n) is 13.7. The fourth-order valence-electron chi connectivity index (χ4n) is 4.03. The van der Waals surface area contributed by atoms with Crippen LogP contribution in [0.1, 0.15) is 30.3 Å². The van der Waals surface area contributed by atoms with E-state index in [0.717, 1.165) is 25.9 Å². The molecule has 3 fully saturated rings. The summed E-state index contributed by atoms with van der Waals surface area (Å²) in [7, 11) is 0. The number of halogens is 1. The molecule has 3 aliphatic rings. The van der Waals surface area contributed by atoms with E-state index < -0.39 is 0 Å². The molecule has 0 saturated carbocycles. The number of benzene rings is 1. The van der Waals surface area contributed by atoms with Crippen LogP contribution in [-0.2, 0) is 0 Å². The number of piperidine rings is 3. The highest BCUT2D eigenvalue weighted by atomic mass is 19.1. The SMILES string of the molecule is C[C@H]1[C@H](NC(=O)c2ccc(-c3ccccc3F)o2)C2CCN1CC2. The van der Waals surface area contributed by atoms with Crippen molar-refractivity contribution in [1.82, 2.24) is 10.2 Å². The third-order valence-corrected chi connectivity index (χ3v) is 5.44. The van der Waals surface area contributed by atoms with Gasteiger partial charge in [-0.2, -0.15) is 0 Å². The standard InChI is InChI=1S/C19H21FN2O2/c1-12-18(13-8-10-22(12)11-9-13)21-19(23)17-7-6-16(24-17)14-4-2-3-5-15(14)20/h2-7,12-13,18H,8-11H2,1H3,(H,21,23)/t12-,18-/m0/s1. The number of nitrogens with zero attached hydrogens (tertiary/aromatic N) is 1.